The summed E-state index contributed by atoms with van der Waals surface area (Å²) in [5.74, 6) is -0.790. The molecule has 0 radical (unpaired) electrons. The SMILES string of the molecule is CCN(C(C)CC(C)(C)OC)C(C)(C)C(=O)O. The lowest BCUT2D eigenvalue weighted by Crippen LogP contribution is -2.55. The Kier molecular flexibility index (Phi) is 5.62. The van der Waals surface area contributed by atoms with Crippen LogP contribution in [0.25, 0.3) is 0 Å². The molecule has 0 aromatic carbocycles. The molecule has 0 saturated carbocycles. The predicted molar refractivity (Wildman–Crippen MR) is 69.3 cm³/mol. The van der Waals surface area contributed by atoms with Crippen molar-refractivity contribution >= 4 is 5.97 Å². The number of carbonyl (C=O) groups is 1. The standard InChI is InChI=1S/C13H27NO3/c1-8-14(13(5,6)11(15)16)10(2)9-12(3,4)17-7/h10H,8-9H2,1-7H3,(H,15,16). The molecule has 0 aromatic rings. The molecule has 1 N–H and O–H groups in total. The van der Waals surface area contributed by atoms with Gasteiger partial charge < -0.3 is 9.84 Å². The molecular formula is C13H27NO3. The Labute approximate surface area is 105 Å². The first-order chi connectivity index (χ1) is 7.58. The molecule has 0 aromatic heterocycles. The van der Waals surface area contributed by atoms with Gasteiger partial charge in [-0.1, -0.05) is 6.92 Å². The van der Waals surface area contributed by atoms with Gasteiger partial charge in [-0.15, -0.1) is 0 Å². The number of hydrogen-bond acceptors (Lipinski definition) is 3. The van der Waals surface area contributed by atoms with Crippen molar-refractivity contribution in [3.8, 4) is 0 Å². The van der Waals surface area contributed by atoms with Gasteiger partial charge in [-0.05, 0) is 47.6 Å². The lowest BCUT2D eigenvalue weighted by Gasteiger charge is -2.41. The maximum Gasteiger partial charge on any atom is 0.323 e. The zero-order valence-electron chi connectivity index (χ0n) is 12.2. The number of likely N-dealkylation sites (N-methyl/N-ethyl adjacent to an activating group) is 1. The molecule has 0 amide bonds. The van der Waals surface area contributed by atoms with Gasteiger partial charge in [0, 0.05) is 13.2 Å². The van der Waals surface area contributed by atoms with E-state index in [0.717, 1.165) is 6.42 Å². The summed E-state index contributed by atoms with van der Waals surface area (Å²) in [7, 11) is 1.69. The first-order valence-electron chi connectivity index (χ1n) is 6.13. The third-order valence-corrected chi connectivity index (χ3v) is 3.45. The minimum atomic E-state index is -0.849. The maximum absolute atomic E-state index is 11.3. The average molecular weight is 245 g/mol. The van der Waals surface area contributed by atoms with Crippen LogP contribution in [-0.2, 0) is 9.53 Å². The van der Waals surface area contributed by atoms with E-state index in [4.69, 9.17) is 4.74 Å². The summed E-state index contributed by atoms with van der Waals surface area (Å²) in [5, 5.41) is 9.27. The second kappa shape index (κ2) is 5.83. The van der Waals surface area contributed by atoms with Crippen molar-refractivity contribution in [1.82, 2.24) is 4.90 Å². The van der Waals surface area contributed by atoms with Crippen molar-refractivity contribution in [1.29, 1.82) is 0 Å². The van der Waals surface area contributed by atoms with Crippen LogP contribution >= 0.6 is 0 Å². The van der Waals surface area contributed by atoms with E-state index in [-0.39, 0.29) is 11.6 Å². The quantitative estimate of drug-likeness (QED) is 0.748. The summed E-state index contributed by atoms with van der Waals surface area (Å²) in [4.78, 5) is 13.3. The molecule has 1 unspecified atom stereocenters. The van der Waals surface area contributed by atoms with Gasteiger partial charge in [-0.2, -0.15) is 0 Å². The van der Waals surface area contributed by atoms with Crippen molar-refractivity contribution in [2.75, 3.05) is 13.7 Å². The number of carboxylic acid groups (broad SMARTS) is 1. The van der Waals surface area contributed by atoms with Crippen LogP contribution in [0.15, 0.2) is 0 Å². The predicted octanol–water partition coefficient (Wildman–Crippen LogP) is 2.38. The van der Waals surface area contributed by atoms with E-state index >= 15 is 0 Å². The molecule has 0 aliphatic heterocycles. The molecule has 102 valence electrons. The minimum absolute atomic E-state index is 0.154. The smallest absolute Gasteiger partial charge is 0.323 e. The highest BCUT2D eigenvalue weighted by Crippen LogP contribution is 2.24. The lowest BCUT2D eigenvalue weighted by atomic mass is 9.94. The van der Waals surface area contributed by atoms with Crippen LogP contribution in [0.4, 0.5) is 0 Å². The number of methoxy groups -OCH3 is 1. The molecule has 17 heavy (non-hydrogen) atoms. The molecule has 0 heterocycles. The Bertz CT molecular complexity index is 261. The molecular weight excluding hydrogens is 218 g/mol. The Morgan fingerprint density at radius 2 is 1.82 bits per heavy atom. The van der Waals surface area contributed by atoms with E-state index in [1.54, 1.807) is 21.0 Å². The normalized spacial score (nSPS) is 15.1. The van der Waals surface area contributed by atoms with Crippen molar-refractivity contribution in [2.45, 2.75) is 65.1 Å². The molecule has 0 aliphatic carbocycles. The number of rotatable bonds is 7. The summed E-state index contributed by atoms with van der Waals surface area (Å²) in [6, 6.07) is 0.154. The highest BCUT2D eigenvalue weighted by atomic mass is 16.5. The Morgan fingerprint density at radius 1 is 1.35 bits per heavy atom. The largest absolute Gasteiger partial charge is 0.480 e. The third-order valence-electron chi connectivity index (χ3n) is 3.45. The summed E-state index contributed by atoms with van der Waals surface area (Å²) in [5.41, 5.74) is -1.08. The monoisotopic (exact) mass is 245 g/mol. The minimum Gasteiger partial charge on any atom is -0.480 e. The molecule has 0 aliphatic rings. The fourth-order valence-electron chi connectivity index (χ4n) is 2.29. The average Bonchev–Trinajstić information content (AvgIpc) is 2.17. The van der Waals surface area contributed by atoms with Gasteiger partial charge in [0.05, 0.1) is 5.60 Å². The van der Waals surface area contributed by atoms with E-state index in [1.807, 2.05) is 25.7 Å². The van der Waals surface area contributed by atoms with Gasteiger partial charge >= 0.3 is 5.97 Å². The molecule has 4 nitrogen and oxygen atoms in total. The number of ether oxygens (including phenoxy) is 1. The number of carboxylic acids is 1. The zero-order valence-corrected chi connectivity index (χ0v) is 12.2. The van der Waals surface area contributed by atoms with Crippen LogP contribution in [-0.4, -0.2) is 46.8 Å². The highest BCUT2D eigenvalue weighted by molar-refractivity contribution is 5.77. The molecule has 0 bridgehead atoms. The molecule has 0 rings (SSSR count). The Morgan fingerprint density at radius 3 is 2.12 bits per heavy atom. The number of aliphatic carboxylic acids is 1. The van der Waals surface area contributed by atoms with Crippen molar-refractivity contribution in [3.63, 3.8) is 0 Å². The van der Waals surface area contributed by atoms with Crippen LogP contribution in [0.2, 0.25) is 0 Å². The van der Waals surface area contributed by atoms with E-state index < -0.39 is 11.5 Å². The van der Waals surface area contributed by atoms with E-state index in [1.165, 1.54) is 0 Å². The second-order valence-corrected chi connectivity index (χ2v) is 5.67. The Balaban J connectivity index is 4.84. The van der Waals surface area contributed by atoms with Gasteiger partial charge in [0.25, 0.3) is 0 Å². The van der Waals surface area contributed by atoms with E-state index in [9.17, 15) is 9.90 Å². The summed E-state index contributed by atoms with van der Waals surface area (Å²) in [6.07, 6.45) is 0.800. The number of nitrogens with zero attached hydrogens (tertiary/aromatic N) is 1. The van der Waals surface area contributed by atoms with E-state index in [0.29, 0.717) is 6.54 Å². The van der Waals surface area contributed by atoms with Gasteiger partial charge in [-0.25, -0.2) is 0 Å². The fourth-order valence-corrected chi connectivity index (χ4v) is 2.29. The first kappa shape index (κ1) is 16.4. The zero-order chi connectivity index (χ0) is 13.9. The van der Waals surface area contributed by atoms with E-state index in [2.05, 4.69) is 6.92 Å². The topological polar surface area (TPSA) is 49.8 Å². The van der Waals surface area contributed by atoms with Crippen molar-refractivity contribution in [2.24, 2.45) is 0 Å². The molecule has 0 saturated heterocycles. The second-order valence-electron chi connectivity index (χ2n) is 5.67. The van der Waals surface area contributed by atoms with Gasteiger partial charge in [0.2, 0.25) is 0 Å². The first-order valence-corrected chi connectivity index (χ1v) is 6.13. The third kappa shape index (κ3) is 4.28. The summed E-state index contributed by atoms with van der Waals surface area (Å²) in [6.45, 7) is 12.3. The van der Waals surface area contributed by atoms with Gasteiger partial charge in [0.15, 0.2) is 0 Å². The van der Waals surface area contributed by atoms with Gasteiger partial charge in [0.1, 0.15) is 5.54 Å². The van der Waals surface area contributed by atoms with Gasteiger partial charge in [-0.3, -0.25) is 9.69 Å². The number of hydrogen-bond donors (Lipinski definition) is 1. The van der Waals surface area contributed by atoms with Crippen LogP contribution in [0.5, 0.6) is 0 Å². The van der Waals surface area contributed by atoms with Crippen LogP contribution in [0.1, 0.15) is 48.0 Å². The molecule has 0 spiro atoms. The van der Waals surface area contributed by atoms with Crippen molar-refractivity contribution < 1.29 is 14.6 Å². The fraction of sp³-hybridized carbons (Fsp3) is 0.923. The maximum atomic E-state index is 11.3. The van der Waals surface area contributed by atoms with Crippen LogP contribution in [0.3, 0.4) is 0 Å². The Hall–Kier alpha value is -0.610. The van der Waals surface area contributed by atoms with Crippen LogP contribution < -0.4 is 0 Å². The summed E-state index contributed by atoms with van der Waals surface area (Å²) >= 11 is 0. The molecule has 1 atom stereocenters. The molecule has 4 heteroatoms. The molecule has 0 fully saturated rings. The van der Waals surface area contributed by atoms with Crippen LogP contribution in [0, 0.1) is 0 Å². The lowest BCUT2D eigenvalue weighted by molar-refractivity contribution is -0.151. The van der Waals surface area contributed by atoms with Crippen molar-refractivity contribution in [3.05, 3.63) is 0 Å². The summed E-state index contributed by atoms with van der Waals surface area (Å²) < 4.78 is 5.40. The highest BCUT2D eigenvalue weighted by Gasteiger charge is 2.37.